The van der Waals surface area contributed by atoms with E-state index < -0.39 is 30.1 Å². The lowest BCUT2D eigenvalue weighted by atomic mass is 10.2. The summed E-state index contributed by atoms with van der Waals surface area (Å²) >= 11 is 0. The lowest BCUT2D eigenvalue weighted by Crippen LogP contribution is -2.45. The number of nitrogens with one attached hydrogen (secondary N) is 1. The van der Waals surface area contributed by atoms with Crippen LogP contribution in [0.4, 0.5) is 4.79 Å². The zero-order chi connectivity index (χ0) is 16.4. The van der Waals surface area contributed by atoms with Crippen molar-refractivity contribution in [3.05, 3.63) is 24.3 Å². The van der Waals surface area contributed by atoms with E-state index in [1.54, 1.807) is 24.3 Å². The molecule has 0 bridgehead atoms. The zero-order valence-corrected chi connectivity index (χ0v) is 12.5. The number of imide groups is 1. The minimum absolute atomic E-state index is 0.000950. The number of amides is 3. The van der Waals surface area contributed by atoms with Crippen LogP contribution in [0.1, 0.15) is 6.92 Å². The normalized spacial score (nSPS) is 20.7. The number of ether oxygens (including phenoxy) is 3. The predicted molar refractivity (Wildman–Crippen MR) is 77.0 cm³/mol. The molecule has 3 rings (SSSR count). The fourth-order valence-corrected chi connectivity index (χ4v) is 2.34. The summed E-state index contributed by atoms with van der Waals surface area (Å²) in [5.74, 6) is -0.279. The molecule has 2 heterocycles. The maximum Gasteiger partial charge on any atom is 0.351 e. The van der Waals surface area contributed by atoms with Crippen molar-refractivity contribution in [1.29, 1.82) is 0 Å². The summed E-state index contributed by atoms with van der Waals surface area (Å²) in [4.78, 5) is 36.7. The second kappa shape index (κ2) is 6.15. The Kier molecular flexibility index (Phi) is 4.05. The molecule has 2 atom stereocenters. The number of nitrogens with zero attached hydrogens (tertiary/aromatic N) is 1. The van der Waals surface area contributed by atoms with Gasteiger partial charge in [-0.25, -0.2) is 9.59 Å². The highest BCUT2D eigenvalue weighted by Crippen LogP contribution is 2.31. The first-order valence-electron chi connectivity index (χ1n) is 7.24. The van der Waals surface area contributed by atoms with E-state index in [0.29, 0.717) is 18.0 Å². The van der Waals surface area contributed by atoms with Crippen LogP contribution in [-0.4, -0.2) is 54.7 Å². The first-order chi connectivity index (χ1) is 11.1. The van der Waals surface area contributed by atoms with Crippen molar-refractivity contribution in [2.45, 2.75) is 19.1 Å². The molecule has 0 radical (unpaired) electrons. The van der Waals surface area contributed by atoms with Crippen LogP contribution in [0.3, 0.4) is 0 Å². The molecular formula is C15H16N2O6. The Balaban J connectivity index is 1.59. The topological polar surface area (TPSA) is 94.2 Å². The number of urea groups is 1. The molecule has 8 nitrogen and oxygen atoms in total. The van der Waals surface area contributed by atoms with Gasteiger partial charge in [0.25, 0.3) is 5.91 Å². The summed E-state index contributed by atoms with van der Waals surface area (Å²) in [6.45, 7) is 2.07. The van der Waals surface area contributed by atoms with Crippen molar-refractivity contribution in [3.8, 4) is 11.5 Å². The molecule has 0 aromatic heterocycles. The second-order valence-electron chi connectivity index (χ2n) is 5.17. The maximum absolute atomic E-state index is 12.1. The number of hydrogen-bond donors (Lipinski definition) is 1. The Morgan fingerprint density at radius 3 is 2.78 bits per heavy atom. The summed E-state index contributed by atoms with van der Waals surface area (Å²) in [7, 11) is 0. The quantitative estimate of drug-likeness (QED) is 0.806. The van der Waals surface area contributed by atoms with Gasteiger partial charge < -0.3 is 19.5 Å². The third kappa shape index (κ3) is 3.05. The van der Waals surface area contributed by atoms with Crippen molar-refractivity contribution in [3.63, 3.8) is 0 Å². The molecule has 122 valence electrons. The highest BCUT2D eigenvalue weighted by molar-refractivity contribution is 5.98. The van der Waals surface area contributed by atoms with Crippen LogP contribution in [0.5, 0.6) is 11.5 Å². The number of rotatable bonds is 3. The molecule has 0 saturated carbocycles. The number of esters is 1. The van der Waals surface area contributed by atoms with E-state index in [2.05, 4.69) is 5.32 Å². The highest BCUT2D eigenvalue weighted by Gasteiger charge is 2.35. The van der Waals surface area contributed by atoms with Crippen LogP contribution >= 0.6 is 0 Å². The van der Waals surface area contributed by atoms with Crippen molar-refractivity contribution < 1.29 is 28.6 Å². The van der Waals surface area contributed by atoms with Gasteiger partial charge in [-0.05, 0) is 19.1 Å². The number of para-hydroxylation sites is 2. The molecule has 1 saturated heterocycles. The number of carbonyl (C=O) groups excluding carboxylic acids is 3. The molecule has 1 aromatic rings. The average Bonchev–Trinajstić information content (AvgIpc) is 2.99. The zero-order valence-electron chi connectivity index (χ0n) is 12.5. The monoisotopic (exact) mass is 320 g/mol. The fourth-order valence-electron chi connectivity index (χ4n) is 2.34. The number of benzene rings is 1. The number of carbonyl (C=O) groups is 3. The Hall–Kier alpha value is -2.77. The van der Waals surface area contributed by atoms with Gasteiger partial charge >= 0.3 is 12.0 Å². The fraction of sp³-hybridized carbons (Fsp3) is 0.400. The van der Waals surface area contributed by atoms with Crippen LogP contribution in [0, 0.1) is 0 Å². The van der Waals surface area contributed by atoms with E-state index >= 15 is 0 Å². The molecule has 1 aromatic carbocycles. The lowest BCUT2D eigenvalue weighted by Gasteiger charge is -2.26. The van der Waals surface area contributed by atoms with Gasteiger partial charge in [0.2, 0.25) is 6.10 Å². The minimum Gasteiger partial charge on any atom is -0.485 e. The highest BCUT2D eigenvalue weighted by atomic mass is 16.6. The van der Waals surface area contributed by atoms with Crippen LogP contribution in [0.2, 0.25) is 0 Å². The Bertz CT molecular complexity index is 647. The Morgan fingerprint density at radius 2 is 2.09 bits per heavy atom. The second-order valence-corrected chi connectivity index (χ2v) is 5.17. The van der Waals surface area contributed by atoms with Gasteiger partial charge in [-0.2, -0.15) is 0 Å². The first kappa shape index (κ1) is 15.1. The van der Waals surface area contributed by atoms with Gasteiger partial charge in [-0.3, -0.25) is 9.69 Å². The van der Waals surface area contributed by atoms with E-state index in [9.17, 15) is 14.4 Å². The lowest BCUT2D eigenvalue weighted by molar-refractivity contribution is -0.165. The van der Waals surface area contributed by atoms with Crippen LogP contribution in [0.15, 0.2) is 24.3 Å². The summed E-state index contributed by atoms with van der Waals surface area (Å²) < 4.78 is 16.1. The van der Waals surface area contributed by atoms with Crippen LogP contribution < -0.4 is 14.8 Å². The summed E-state index contributed by atoms with van der Waals surface area (Å²) in [5.41, 5.74) is 0. The Labute approximate surface area is 132 Å². The van der Waals surface area contributed by atoms with Gasteiger partial charge in [-0.15, -0.1) is 0 Å². The van der Waals surface area contributed by atoms with Crippen LogP contribution in [0.25, 0.3) is 0 Å². The van der Waals surface area contributed by atoms with Crippen molar-refractivity contribution >= 4 is 17.9 Å². The van der Waals surface area contributed by atoms with E-state index in [1.165, 1.54) is 6.92 Å². The molecule has 2 aliphatic heterocycles. The first-order valence-corrected chi connectivity index (χ1v) is 7.24. The van der Waals surface area contributed by atoms with E-state index in [1.807, 2.05) is 0 Å². The summed E-state index contributed by atoms with van der Waals surface area (Å²) in [5, 5.41) is 2.51. The van der Waals surface area contributed by atoms with Gasteiger partial charge in [0.05, 0.1) is 0 Å². The van der Waals surface area contributed by atoms with Crippen molar-refractivity contribution in [1.82, 2.24) is 10.2 Å². The summed E-state index contributed by atoms with van der Waals surface area (Å²) in [6, 6.07) is 6.48. The smallest absolute Gasteiger partial charge is 0.351 e. The standard InChI is InChI=1S/C15H16N2O6/c1-9(13(18)17-7-6-16-15(17)20)22-14(19)12-8-21-10-4-2-3-5-11(10)23-12/h2-5,9,12H,6-8H2,1H3,(H,16,20)/t9-,12+/m1/s1. The third-order valence-corrected chi connectivity index (χ3v) is 3.54. The average molecular weight is 320 g/mol. The van der Waals surface area contributed by atoms with Gasteiger partial charge in [-0.1, -0.05) is 12.1 Å². The van der Waals surface area contributed by atoms with E-state index in [0.717, 1.165) is 4.90 Å². The molecule has 0 spiro atoms. The molecule has 2 aliphatic rings. The molecule has 8 heteroatoms. The molecule has 3 amide bonds. The SMILES string of the molecule is C[C@@H](OC(=O)[C@@H]1COc2ccccc2O1)C(=O)N1CCNC1=O. The van der Waals surface area contributed by atoms with E-state index in [-0.39, 0.29) is 13.2 Å². The molecule has 1 fully saturated rings. The maximum atomic E-state index is 12.1. The third-order valence-electron chi connectivity index (χ3n) is 3.54. The van der Waals surface area contributed by atoms with Gasteiger partial charge in [0, 0.05) is 13.1 Å². The van der Waals surface area contributed by atoms with Gasteiger partial charge in [0.15, 0.2) is 17.6 Å². The molecule has 0 unspecified atom stereocenters. The van der Waals surface area contributed by atoms with Crippen molar-refractivity contribution in [2.75, 3.05) is 19.7 Å². The predicted octanol–water partition coefficient (Wildman–Crippen LogP) is 0.310. The van der Waals surface area contributed by atoms with Crippen LogP contribution in [-0.2, 0) is 14.3 Å². The molecule has 0 aliphatic carbocycles. The summed E-state index contributed by atoms with van der Waals surface area (Å²) in [6.07, 6.45) is -2.03. The largest absolute Gasteiger partial charge is 0.485 e. The molecule has 1 N–H and O–H groups in total. The Morgan fingerprint density at radius 1 is 1.35 bits per heavy atom. The number of fused-ring (bicyclic) bond motifs is 1. The molecular weight excluding hydrogens is 304 g/mol. The van der Waals surface area contributed by atoms with E-state index in [4.69, 9.17) is 14.2 Å². The van der Waals surface area contributed by atoms with Gasteiger partial charge in [0.1, 0.15) is 6.61 Å². The number of hydrogen-bond acceptors (Lipinski definition) is 6. The molecule has 23 heavy (non-hydrogen) atoms. The van der Waals surface area contributed by atoms with Crippen molar-refractivity contribution in [2.24, 2.45) is 0 Å². The minimum atomic E-state index is -1.08.